The third kappa shape index (κ3) is 5.43. The molecule has 0 saturated carbocycles. The molecule has 0 aromatic carbocycles. The zero-order valence-electron chi connectivity index (χ0n) is 7.74. The van der Waals surface area contributed by atoms with E-state index in [4.69, 9.17) is 20.4 Å². The third-order valence-electron chi connectivity index (χ3n) is 1.85. The van der Waals surface area contributed by atoms with Gasteiger partial charge in [-0.15, -0.1) is 0 Å². The quantitative estimate of drug-likeness (QED) is 0.351. The summed E-state index contributed by atoms with van der Waals surface area (Å²) in [4.78, 5) is 0. The fraction of sp³-hybridized carbons (Fsp3) is 1.00. The van der Waals surface area contributed by atoms with Gasteiger partial charge in [0.2, 0.25) is 0 Å². The Morgan fingerprint density at radius 2 is 1.64 bits per heavy atom. The maximum Gasteiger partial charge on any atom is 0.305 e. The number of rotatable bonds is 7. The highest BCUT2D eigenvalue weighted by Gasteiger charge is 2.36. The minimum Gasteiger partial charge on any atom is -0.382 e. The zero-order chi connectivity index (χ0) is 11.2. The molecule has 0 radical (unpaired) electrons. The number of hydrogen-bond donors (Lipinski definition) is 4. The summed E-state index contributed by atoms with van der Waals surface area (Å²) in [5.74, 6) is -3.42. The number of hydrogen-bond acceptors (Lipinski definition) is 4. The zero-order valence-corrected chi connectivity index (χ0v) is 7.74. The van der Waals surface area contributed by atoms with Crippen LogP contribution in [-0.2, 0) is 0 Å². The smallest absolute Gasteiger partial charge is 0.305 e. The molecule has 0 aliphatic heterocycles. The van der Waals surface area contributed by atoms with Gasteiger partial charge < -0.3 is 20.4 Å². The first-order valence-corrected chi connectivity index (χ1v) is 4.44. The second kappa shape index (κ2) is 6.23. The van der Waals surface area contributed by atoms with Crippen LogP contribution in [0.3, 0.4) is 0 Å². The average molecular weight is 214 g/mol. The molecule has 0 aromatic heterocycles. The Labute approximate surface area is 80.8 Å². The van der Waals surface area contributed by atoms with Gasteiger partial charge in [-0.3, -0.25) is 4.39 Å². The van der Waals surface area contributed by atoms with E-state index in [0.29, 0.717) is 19.3 Å². The molecular formula is C8H16F2O4. The van der Waals surface area contributed by atoms with Gasteiger partial charge in [0.05, 0.1) is 6.67 Å². The van der Waals surface area contributed by atoms with E-state index in [1.54, 1.807) is 0 Å². The lowest BCUT2D eigenvalue weighted by atomic mass is 10.1. The topological polar surface area (TPSA) is 80.9 Å². The molecule has 0 aliphatic carbocycles. The van der Waals surface area contributed by atoms with E-state index in [-0.39, 0.29) is 6.42 Å². The molecule has 0 heterocycles. The average Bonchev–Trinajstić information content (AvgIpc) is 2.09. The highest BCUT2D eigenvalue weighted by Crippen LogP contribution is 2.16. The monoisotopic (exact) mass is 214 g/mol. The van der Waals surface area contributed by atoms with Crippen molar-refractivity contribution in [3.8, 4) is 0 Å². The lowest BCUT2D eigenvalue weighted by molar-refractivity contribution is -0.363. The fourth-order valence-corrected chi connectivity index (χ4v) is 1.01. The predicted octanol–water partition coefficient (Wildman–Crippen LogP) is -0.154. The van der Waals surface area contributed by atoms with Crippen LogP contribution >= 0.6 is 0 Å². The summed E-state index contributed by atoms with van der Waals surface area (Å²) in [7, 11) is 0. The molecule has 4 nitrogen and oxygen atoms in total. The van der Waals surface area contributed by atoms with E-state index < -0.39 is 24.9 Å². The summed E-state index contributed by atoms with van der Waals surface area (Å²) in [5, 5.41) is 34.1. The minimum atomic E-state index is -3.42. The number of aliphatic hydroxyl groups excluding tert-OH is 1. The van der Waals surface area contributed by atoms with Gasteiger partial charge >= 0.3 is 5.97 Å². The van der Waals surface area contributed by atoms with E-state index in [0.717, 1.165) is 0 Å². The van der Waals surface area contributed by atoms with E-state index in [9.17, 15) is 8.78 Å². The Morgan fingerprint density at radius 1 is 1.07 bits per heavy atom. The Balaban J connectivity index is 3.68. The number of alkyl halides is 2. The maximum atomic E-state index is 12.9. The standard InChI is InChI=1S/C8H16F2O4/c9-5-3-1-2-4-6(10)7(11)8(12,13)14/h6-7,11-14H,1-5H2. The van der Waals surface area contributed by atoms with Gasteiger partial charge in [0.25, 0.3) is 0 Å². The summed E-state index contributed by atoms with van der Waals surface area (Å²) in [6.07, 6.45) is -3.25. The van der Waals surface area contributed by atoms with Crippen molar-refractivity contribution in [2.45, 2.75) is 43.9 Å². The molecule has 0 aliphatic rings. The van der Waals surface area contributed by atoms with Crippen LogP contribution in [0.15, 0.2) is 0 Å². The van der Waals surface area contributed by atoms with Crippen LogP contribution in [-0.4, -0.2) is 45.3 Å². The predicted molar refractivity (Wildman–Crippen MR) is 44.7 cm³/mol. The molecule has 2 unspecified atom stereocenters. The molecule has 0 rings (SSSR count). The lowest BCUT2D eigenvalue weighted by Crippen LogP contribution is -2.47. The molecular weight excluding hydrogens is 198 g/mol. The van der Waals surface area contributed by atoms with Gasteiger partial charge in [0.1, 0.15) is 6.17 Å². The van der Waals surface area contributed by atoms with Crippen LogP contribution in [0, 0.1) is 0 Å². The first-order valence-electron chi connectivity index (χ1n) is 4.44. The molecule has 0 spiro atoms. The van der Waals surface area contributed by atoms with Gasteiger partial charge in [0, 0.05) is 0 Å². The van der Waals surface area contributed by atoms with Gasteiger partial charge in [-0.05, 0) is 12.8 Å². The summed E-state index contributed by atoms with van der Waals surface area (Å²) >= 11 is 0. The van der Waals surface area contributed by atoms with Crippen molar-refractivity contribution >= 4 is 0 Å². The summed E-state index contributed by atoms with van der Waals surface area (Å²) in [6, 6.07) is 0. The molecule has 0 bridgehead atoms. The van der Waals surface area contributed by atoms with Gasteiger partial charge in [-0.2, -0.15) is 0 Å². The highest BCUT2D eigenvalue weighted by molar-refractivity contribution is 4.73. The van der Waals surface area contributed by atoms with Crippen molar-refractivity contribution in [3.63, 3.8) is 0 Å². The van der Waals surface area contributed by atoms with Crippen molar-refractivity contribution in [3.05, 3.63) is 0 Å². The Kier molecular flexibility index (Phi) is 6.10. The second-order valence-electron chi connectivity index (χ2n) is 3.19. The normalized spacial score (nSPS) is 16.7. The van der Waals surface area contributed by atoms with Gasteiger partial charge in [-0.1, -0.05) is 12.8 Å². The van der Waals surface area contributed by atoms with Crippen molar-refractivity contribution in [2.75, 3.05) is 6.67 Å². The van der Waals surface area contributed by atoms with Crippen LogP contribution in [0.1, 0.15) is 25.7 Å². The van der Waals surface area contributed by atoms with Crippen LogP contribution in [0.25, 0.3) is 0 Å². The Bertz CT molecular complexity index is 149. The maximum absolute atomic E-state index is 12.9. The van der Waals surface area contributed by atoms with Crippen molar-refractivity contribution in [1.82, 2.24) is 0 Å². The van der Waals surface area contributed by atoms with Crippen LogP contribution in [0.4, 0.5) is 8.78 Å². The molecule has 2 atom stereocenters. The number of aliphatic hydroxyl groups is 4. The summed E-state index contributed by atoms with van der Waals surface area (Å²) in [5.41, 5.74) is 0. The van der Waals surface area contributed by atoms with E-state index in [1.165, 1.54) is 0 Å². The first-order chi connectivity index (χ1) is 6.39. The van der Waals surface area contributed by atoms with Crippen molar-refractivity contribution in [1.29, 1.82) is 0 Å². The minimum absolute atomic E-state index is 0.148. The SMILES string of the molecule is OC(C(F)CCCCCF)C(O)(O)O. The molecule has 0 fully saturated rings. The van der Waals surface area contributed by atoms with Crippen LogP contribution < -0.4 is 0 Å². The lowest BCUT2D eigenvalue weighted by Gasteiger charge is -2.23. The Morgan fingerprint density at radius 3 is 2.07 bits per heavy atom. The van der Waals surface area contributed by atoms with Gasteiger partial charge in [-0.25, -0.2) is 4.39 Å². The molecule has 0 saturated heterocycles. The molecule has 0 aromatic rings. The largest absolute Gasteiger partial charge is 0.382 e. The fourth-order valence-electron chi connectivity index (χ4n) is 1.01. The molecule has 4 N–H and O–H groups in total. The summed E-state index contributed by atoms with van der Waals surface area (Å²) in [6.45, 7) is -0.483. The van der Waals surface area contributed by atoms with E-state index >= 15 is 0 Å². The molecule has 6 heteroatoms. The molecule has 86 valence electrons. The van der Waals surface area contributed by atoms with Crippen molar-refractivity contribution < 1.29 is 29.2 Å². The third-order valence-corrected chi connectivity index (χ3v) is 1.85. The second-order valence-corrected chi connectivity index (χ2v) is 3.19. The highest BCUT2D eigenvalue weighted by atomic mass is 19.1. The summed E-state index contributed by atoms with van der Waals surface area (Å²) < 4.78 is 24.5. The van der Waals surface area contributed by atoms with E-state index in [1.807, 2.05) is 0 Å². The van der Waals surface area contributed by atoms with Crippen LogP contribution in [0.2, 0.25) is 0 Å². The molecule has 0 amide bonds. The van der Waals surface area contributed by atoms with Crippen molar-refractivity contribution in [2.24, 2.45) is 0 Å². The first kappa shape index (κ1) is 13.7. The van der Waals surface area contributed by atoms with Crippen LogP contribution in [0.5, 0.6) is 0 Å². The number of unbranched alkanes of at least 4 members (excludes halogenated alkanes) is 2. The Hall–Kier alpha value is -0.300. The van der Waals surface area contributed by atoms with Gasteiger partial charge in [0.15, 0.2) is 6.10 Å². The number of halogens is 2. The van der Waals surface area contributed by atoms with E-state index in [2.05, 4.69) is 0 Å². The molecule has 14 heavy (non-hydrogen) atoms.